The maximum atomic E-state index is 11.1. The molecule has 4 heteroatoms. The van der Waals surface area contributed by atoms with Crippen LogP contribution in [0.2, 0.25) is 5.02 Å². The first kappa shape index (κ1) is 10.7. The van der Waals surface area contributed by atoms with Crippen molar-refractivity contribution in [1.29, 1.82) is 0 Å². The molecule has 14 heavy (non-hydrogen) atoms. The van der Waals surface area contributed by atoms with Crippen LogP contribution in [-0.4, -0.2) is 16.9 Å². The Labute approximate surface area is 86.3 Å². The van der Waals surface area contributed by atoms with E-state index in [1.54, 1.807) is 18.2 Å². The molecule has 0 amide bonds. The molecule has 3 nitrogen and oxygen atoms in total. The fourth-order valence-electron chi connectivity index (χ4n) is 1.15. The summed E-state index contributed by atoms with van der Waals surface area (Å²) >= 11 is 5.86. The van der Waals surface area contributed by atoms with Crippen molar-refractivity contribution in [2.75, 3.05) is 0 Å². The minimum absolute atomic E-state index is 0.165. The van der Waals surface area contributed by atoms with E-state index in [-0.39, 0.29) is 17.2 Å². The summed E-state index contributed by atoms with van der Waals surface area (Å²) in [5, 5.41) is 8.82. The number of rotatable bonds is 3. The van der Waals surface area contributed by atoms with Crippen LogP contribution in [0.4, 0.5) is 0 Å². The third kappa shape index (κ3) is 2.33. The average Bonchev–Trinajstić information content (AvgIpc) is 2.07. The molecule has 0 atom stereocenters. The Balaban J connectivity index is 3.13. The third-order valence-corrected chi connectivity index (χ3v) is 2.25. The second-order valence-electron chi connectivity index (χ2n) is 2.91. The van der Waals surface area contributed by atoms with Gasteiger partial charge in [0.25, 0.3) is 0 Å². The quantitative estimate of drug-likeness (QED) is 0.782. The normalized spacial score (nSPS) is 9.86. The van der Waals surface area contributed by atoms with E-state index in [9.17, 15) is 9.59 Å². The highest BCUT2D eigenvalue weighted by Gasteiger charge is 2.11. The van der Waals surface area contributed by atoms with Crippen molar-refractivity contribution in [3.05, 3.63) is 34.3 Å². The standard InChI is InChI=1S/C10H9ClO3/c1-6(12)8-4-2-3-7(10(8)11)5-9(13)14/h2-4H,5H2,1H3,(H,13,14). The Morgan fingerprint density at radius 3 is 2.57 bits per heavy atom. The summed E-state index contributed by atoms with van der Waals surface area (Å²) in [5.41, 5.74) is 0.831. The van der Waals surface area contributed by atoms with E-state index in [0.29, 0.717) is 11.1 Å². The van der Waals surface area contributed by atoms with Crippen LogP contribution in [0.1, 0.15) is 22.8 Å². The van der Waals surface area contributed by atoms with Crippen molar-refractivity contribution >= 4 is 23.4 Å². The molecule has 0 saturated carbocycles. The zero-order chi connectivity index (χ0) is 10.7. The minimum atomic E-state index is -0.965. The summed E-state index contributed by atoms with van der Waals surface area (Å²) in [6.07, 6.45) is -0.167. The van der Waals surface area contributed by atoms with Crippen molar-refractivity contribution in [3.63, 3.8) is 0 Å². The van der Waals surface area contributed by atoms with Gasteiger partial charge in [0, 0.05) is 5.56 Å². The molecule has 1 aromatic carbocycles. The summed E-state index contributed by atoms with van der Waals surface area (Å²) in [5.74, 6) is -1.13. The first-order chi connectivity index (χ1) is 6.52. The summed E-state index contributed by atoms with van der Waals surface area (Å²) < 4.78 is 0. The van der Waals surface area contributed by atoms with Crippen LogP contribution in [0, 0.1) is 0 Å². The second kappa shape index (κ2) is 4.24. The fraction of sp³-hybridized carbons (Fsp3) is 0.200. The largest absolute Gasteiger partial charge is 0.481 e. The molecule has 74 valence electrons. The smallest absolute Gasteiger partial charge is 0.307 e. The maximum Gasteiger partial charge on any atom is 0.307 e. The SMILES string of the molecule is CC(=O)c1cccc(CC(=O)O)c1Cl. The van der Waals surface area contributed by atoms with Crippen LogP contribution in [0.25, 0.3) is 0 Å². The van der Waals surface area contributed by atoms with E-state index >= 15 is 0 Å². The number of ketones is 1. The molecular weight excluding hydrogens is 204 g/mol. The van der Waals surface area contributed by atoms with Crippen molar-refractivity contribution in [1.82, 2.24) is 0 Å². The predicted molar refractivity (Wildman–Crippen MR) is 52.8 cm³/mol. The maximum absolute atomic E-state index is 11.1. The molecule has 0 aliphatic carbocycles. The Morgan fingerprint density at radius 2 is 2.07 bits per heavy atom. The number of carbonyl (C=O) groups is 2. The molecule has 1 N–H and O–H groups in total. The number of halogens is 1. The number of carbonyl (C=O) groups excluding carboxylic acids is 1. The summed E-state index contributed by atoms with van der Waals surface area (Å²) in [7, 11) is 0. The van der Waals surface area contributed by atoms with E-state index < -0.39 is 5.97 Å². The summed E-state index contributed by atoms with van der Waals surface area (Å²) in [6.45, 7) is 1.39. The van der Waals surface area contributed by atoms with E-state index in [1.807, 2.05) is 0 Å². The molecule has 0 unspecified atom stereocenters. The molecule has 1 aromatic rings. The molecule has 0 aliphatic rings. The first-order valence-corrected chi connectivity index (χ1v) is 4.40. The van der Waals surface area contributed by atoms with Gasteiger partial charge in [0.2, 0.25) is 0 Å². The van der Waals surface area contributed by atoms with Crippen molar-refractivity contribution in [2.45, 2.75) is 13.3 Å². The minimum Gasteiger partial charge on any atom is -0.481 e. The molecule has 0 aliphatic heterocycles. The van der Waals surface area contributed by atoms with E-state index in [2.05, 4.69) is 0 Å². The van der Waals surface area contributed by atoms with Gasteiger partial charge in [0.05, 0.1) is 11.4 Å². The average molecular weight is 213 g/mol. The zero-order valence-electron chi connectivity index (χ0n) is 7.58. The highest BCUT2D eigenvalue weighted by atomic mass is 35.5. The van der Waals surface area contributed by atoms with Gasteiger partial charge in [-0.3, -0.25) is 9.59 Å². The first-order valence-electron chi connectivity index (χ1n) is 4.02. The lowest BCUT2D eigenvalue weighted by Gasteiger charge is -2.04. The number of aliphatic carboxylic acids is 1. The highest BCUT2D eigenvalue weighted by molar-refractivity contribution is 6.34. The lowest BCUT2D eigenvalue weighted by atomic mass is 10.1. The van der Waals surface area contributed by atoms with Crippen LogP contribution in [-0.2, 0) is 11.2 Å². The Kier molecular flexibility index (Phi) is 3.25. The van der Waals surface area contributed by atoms with Crippen molar-refractivity contribution < 1.29 is 14.7 Å². The number of hydrogen-bond acceptors (Lipinski definition) is 2. The van der Waals surface area contributed by atoms with Crippen LogP contribution >= 0.6 is 11.6 Å². The topological polar surface area (TPSA) is 54.4 Å². The number of carboxylic acids is 1. The van der Waals surface area contributed by atoms with Gasteiger partial charge in [0.15, 0.2) is 5.78 Å². The molecule has 1 rings (SSSR count). The number of carboxylic acid groups (broad SMARTS) is 1. The van der Waals surface area contributed by atoms with Gasteiger partial charge in [0.1, 0.15) is 0 Å². The summed E-state index contributed by atoms with van der Waals surface area (Å²) in [4.78, 5) is 21.5. The second-order valence-corrected chi connectivity index (χ2v) is 3.28. The lowest BCUT2D eigenvalue weighted by Crippen LogP contribution is -2.03. The van der Waals surface area contributed by atoms with Crippen LogP contribution in [0.5, 0.6) is 0 Å². The van der Waals surface area contributed by atoms with Gasteiger partial charge in [-0.25, -0.2) is 0 Å². The van der Waals surface area contributed by atoms with Crippen LogP contribution in [0.15, 0.2) is 18.2 Å². The Morgan fingerprint density at radius 1 is 1.43 bits per heavy atom. The molecule has 0 fully saturated rings. The molecule has 0 spiro atoms. The van der Waals surface area contributed by atoms with Crippen molar-refractivity contribution in [3.8, 4) is 0 Å². The fourth-order valence-corrected chi connectivity index (χ4v) is 1.48. The monoisotopic (exact) mass is 212 g/mol. The molecule has 0 radical (unpaired) electrons. The number of benzene rings is 1. The van der Waals surface area contributed by atoms with E-state index in [1.165, 1.54) is 6.92 Å². The molecule has 0 bridgehead atoms. The Bertz CT molecular complexity index is 385. The van der Waals surface area contributed by atoms with Gasteiger partial charge in [-0.15, -0.1) is 0 Å². The Hall–Kier alpha value is -1.35. The van der Waals surface area contributed by atoms with Crippen LogP contribution < -0.4 is 0 Å². The lowest BCUT2D eigenvalue weighted by molar-refractivity contribution is -0.136. The van der Waals surface area contributed by atoms with E-state index in [4.69, 9.17) is 16.7 Å². The third-order valence-electron chi connectivity index (χ3n) is 1.80. The van der Waals surface area contributed by atoms with Gasteiger partial charge in [-0.2, -0.15) is 0 Å². The van der Waals surface area contributed by atoms with Gasteiger partial charge in [-0.1, -0.05) is 23.7 Å². The van der Waals surface area contributed by atoms with Gasteiger partial charge < -0.3 is 5.11 Å². The molecule has 0 heterocycles. The molecular formula is C10H9ClO3. The van der Waals surface area contributed by atoms with Crippen molar-refractivity contribution in [2.24, 2.45) is 0 Å². The number of Topliss-reactive ketones (excluding diaryl/α,β-unsaturated/α-hetero) is 1. The van der Waals surface area contributed by atoms with Gasteiger partial charge in [-0.05, 0) is 18.6 Å². The predicted octanol–water partition coefficient (Wildman–Crippen LogP) is 2.17. The molecule has 0 saturated heterocycles. The number of hydrogen-bond donors (Lipinski definition) is 1. The summed E-state index contributed by atoms with van der Waals surface area (Å²) in [6, 6.07) is 4.81. The molecule has 0 aromatic heterocycles. The highest BCUT2D eigenvalue weighted by Crippen LogP contribution is 2.21. The zero-order valence-corrected chi connectivity index (χ0v) is 8.34. The van der Waals surface area contributed by atoms with Crippen LogP contribution in [0.3, 0.4) is 0 Å². The van der Waals surface area contributed by atoms with E-state index in [0.717, 1.165) is 0 Å². The van der Waals surface area contributed by atoms with Gasteiger partial charge >= 0.3 is 5.97 Å².